The first-order valence-corrected chi connectivity index (χ1v) is 19.2. The summed E-state index contributed by atoms with van der Waals surface area (Å²) in [4.78, 5) is 2.36. The van der Waals surface area contributed by atoms with E-state index in [0.717, 1.165) is 50.1 Å². The summed E-state index contributed by atoms with van der Waals surface area (Å²) in [5.74, 6) is 0. The van der Waals surface area contributed by atoms with Crippen molar-refractivity contribution in [3.8, 4) is 33.4 Å². The lowest BCUT2D eigenvalue weighted by molar-refractivity contribution is 0.670. The molecule has 2 nitrogen and oxygen atoms in total. The number of anilines is 3. The van der Waals surface area contributed by atoms with Gasteiger partial charge in [-0.25, -0.2) is 0 Å². The minimum absolute atomic E-state index is 0.907. The molecule has 1 heterocycles. The molecule has 0 spiro atoms. The summed E-state index contributed by atoms with van der Waals surface area (Å²) in [6, 6.07) is 76.5. The Bertz CT molecular complexity index is 3240. The highest BCUT2D eigenvalue weighted by Gasteiger charge is 2.17. The first kappa shape index (κ1) is 32.0. The zero-order chi connectivity index (χ0) is 37.0. The minimum Gasteiger partial charge on any atom is -0.455 e. The maximum absolute atomic E-state index is 6.42. The van der Waals surface area contributed by atoms with Crippen molar-refractivity contribution in [3.05, 3.63) is 212 Å². The molecule has 2 heteroatoms. The Morgan fingerprint density at radius 1 is 0.286 bits per heavy atom. The van der Waals surface area contributed by atoms with Gasteiger partial charge in [0.05, 0.1) is 0 Å². The third kappa shape index (κ3) is 5.42. The third-order valence-corrected chi connectivity index (χ3v) is 11.2. The number of hydrogen-bond acceptors (Lipinski definition) is 2. The molecule has 0 N–H and O–H groups in total. The smallest absolute Gasteiger partial charge is 0.143 e. The Labute approximate surface area is 325 Å². The molecule has 0 bridgehead atoms. The largest absolute Gasteiger partial charge is 0.455 e. The molecule has 56 heavy (non-hydrogen) atoms. The van der Waals surface area contributed by atoms with Crippen molar-refractivity contribution in [1.29, 1.82) is 0 Å². The normalized spacial score (nSPS) is 11.6. The Kier molecular flexibility index (Phi) is 7.53. The molecule has 11 rings (SSSR count). The quantitative estimate of drug-likeness (QED) is 0.160. The van der Waals surface area contributed by atoms with E-state index in [1.165, 1.54) is 54.6 Å². The zero-order valence-corrected chi connectivity index (χ0v) is 30.6. The molecule has 0 aliphatic carbocycles. The van der Waals surface area contributed by atoms with Gasteiger partial charge in [0, 0.05) is 33.4 Å². The van der Waals surface area contributed by atoms with E-state index in [4.69, 9.17) is 4.42 Å². The number of hydrogen-bond donors (Lipinski definition) is 0. The van der Waals surface area contributed by atoms with E-state index in [1.807, 2.05) is 12.1 Å². The first-order valence-electron chi connectivity index (χ1n) is 19.2. The maximum Gasteiger partial charge on any atom is 0.143 e. The fourth-order valence-corrected chi connectivity index (χ4v) is 8.50. The maximum atomic E-state index is 6.42. The predicted octanol–water partition coefficient (Wildman–Crippen LogP) is 15.5. The van der Waals surface area contributed by atoms with Crippen LogP contribution >= 0.6 is 0 Å². The van der Waals surface area contributed by atoms with Crippen LogP contribution in [0.15, 0.2) is 217 Å². The van der Waals surface area contributed by atoms with Gasteiger partial charge in [0.1, 0.15) is 11.2 Å². The number of furan rings is 1. The standard InChI is InChI=1S/C54H35NO/c1-3-15-46-37(10-1)12-8-18-48(46)41-13-7-14-45(35-41)55(44-31-26-39(27-32-44)50-19-9-20-52-51-17-5-6-21-53(51)56-54(50)52)43-29-24-36(25-30-43)40-28-33-49-42(34-40)23-22-38-11-2-4-16-47(38)49/h1-35H. The third-order valence-electron chi connectivity index (χ3n) is 11.2. The number of rotatable bonds is 6. The van der Waals surface area contributed by atoms with Crippen LogP contribution in [0.25, 0.3) is 87.6 Å². The Balaban J connectivity index is 1.01. The van der Waals surface area contributed by atoms with Gasteiger partial charge in [0.25, 0.3) is 0 Å². The Morgan fingerprint density at radius 2 is 0.857 bits per heavy atom. The zero-order valence-electron chi connectivity index (χ0n) is 30.6. The summed E-state index contributed by atoms with van der Waals surface area (Å²) in [5.41, 5.74) is 12.1. The van der Waals surface area contributed by atoms with Gasteiger partial charge in [-0.1, -0.05) is 164 Å². The molecule has 0 aliphatic rings. The van der Waals surface area contributed by atoms with E-state index in [2.05, 4.69) is 205 Å². The van der Waals surface area contributed by atoms with E-state index in [0.29, 0.717) is 0 Å². The van der Waals surface area contributed by atoms with E-state index in [-0.39, 0.29) is 0 Å². The first-order chi connectivity index (χ1) is 27.7. The topological polar surface area (TPSA) is 16.4 Å². The van der Waals surface area contributed by atoms with Crippen molar-refractivity contribution >= 4 is 71.3 Å². The molecule has 0 amide bonds. The molecule has 10 aromatic carbocycles. The van der Waals surface area contributed by atoms with Crippen LogP contribution < -0.4 is 4.90 Å². The van der Waals surface area contributed by atoms with E-state index in [9.17, 15) is 0 Å². The van der Waals surface area contributed by atoms with Gasteiger partial charge >= 0.3 is 0 Å². The number of fused-ring (bicyclic) bond motifs is 7. The summed E-state index contributed by atoms with van der Waals surface area (Å²) in [6.45, 7) is 0. The summed E-state index contributed by atoms with van der Waals surface area (Å²) in [6.07, 6.45) is 0. The van der Waals surface area contributed by atoms with Gasteiger partial charge in [0.2, 0.25) is 0 Å². The molecule has 262 valence electrons. The van der Waals surface area contributed by atoms with Crippen molar-refractivity contribution in [2.75, 3.05) is 4.90 Å². The minimum atomic E-state index is 0.907. The van der Waals surface area contributed by atoms with Crippen molar-refractivity contribution in [2.45, 2.75) is 0 Å². The molecular weight excluding hydrogens is 679 g/mol. The van der Waals surface area contributed by atoms with Crippen LogP contribution in [0, 0.1) is 0 Å². The summed E-state index contributed by atoms with van der Waals surface area (Å²) < 4.78 is 6.42. The van der Waals surface area contributed by atoms with Crippen molar-refractivity contribution in [2.24, 2.45) is 0 Å². The lowest BCUT2D eigenvalue weighted by Gasteiger charge is -2.26. The fourth-order valence-electron chi connectivity index (χ4n) is 8.50. The van der Waals surface area contributed by atoms with E-state index < -0.39 is 0 Å². The molecule has 0 unspecified atom stereocenters. The van der Waals surface area contributed by atoms with Gasteiger partial charge in [-0.3, -0.25) is 0 Å². The number of para-hydroxylation sites is 2. The highest BCUT2D eigenvalue weighted by atomic mass is 16.3. The number of benzene rings is 10. The lowest BCUT2D eigenvalue weighted by atomic mass is 9.97. The van der Waals surface area contributed by atoms with E-state index in [1.54, 1.807) is 0 Å². The van der Waals surface area contributed by atoms with Gasteiger partial charge in [-0.2, -0.15) is 0 Å². The molecule has 0 fully saturated rings. The SMILES string of the molecule is c1cc(-c2cccc3ccccc23)cc(N(c2ccc(-c3ccc4c(ccc5ccccc54)c3)cc2)c2ccc(-c3cccc4c3oc3ccccc34)cc2)c1. The molecule has 0 atom stereocenters. The average Bonchev–Trinajstić information content (AvgIpc) is 3.66. The molecule has 0 radical (unpaired) electrons. The second-order valence-corrected chi connectivity index (χ2v) is 14.5. The summed E-state index contributed by atoms with van der Waals surface area (Å²) in [7, 11) is 0. The molecule has 1 aromatic heterocycles. The van der Waals surface area contributed by atoms with Crippen molar-refractivity contribution in [1.82, 2.24) is 0 Å². The fraction of sp³-hybridized carbons (Fsp3) is 0. The van der Waals surface area contributed by atoms with Gasteiger partial charge in [0.15, 0.2) is 0 Å². The van der Waals surface area contributed by atoms with Crippen LogP contribution in [0.5, 0.6) is 0 Å². The molecular formula is C54H35NO. The molecule has 0 aliphatic heterocycles. The molecule has 0 saturated heterocycles. The van der Waals surface area contributed by atoms with Crippen LogP contribution in [-0.4, -0.2) is 0 Å². The van der Waals surface area contributed by atoms with E-state index >= 15 is 0 Å². The average molecular weight is 714 g/mol. The monoisotopic (exact) mass is 713 g/mol. The van der Waals surface area contributed by atoms with Gasteiger partial charge in [-0.15, -0.1) is 0 Å². The molecule has 11 aromatic rings. The van der Waals surface area contributed by atoms with Crippen molar-refractivity contribution < 1.29 is 4.42 Å². The predicted molar refractivity (Wildman–Crippen MR) is 237 cm³/mol. The highest BCUT2D eigenvalue weighted by molar-refractivity contribution is 6.10. The van der Waals surface area contributed by atoms with Crippen LogP contribution in [0.4, 0.5) is 17.1 Å². The second kappa shape index (κ2) is 13.2. The molecule has 0 saturated carbocycles. The second-order valence-electron chi connectivity index (χ2n) is 14.5. The van der Waals surface area contributed by atoms with Crippen LogP contribution in [0.1, 0.15) is 0 Å². The van der Waals surface area contributed by atoms with Crippen molar-refractivity contribution in [3.63, 3.8) is 0 Å². The van der Waals surface area contributed by atoms with Gasteiger partial charge in [-0.05, 0) is 109 Å². The summed E-state index contributed by atoms with van der Waals surface area (Å²) >= 11 is 0. The van der Waals surface area contributed by atoms with Crippen LogP contribution in [0.2, 0.25) is 0 Å². The van der Waals surface area contributed by atoms with Gasteiger partial charge < -0.3 is 9.32 Å². The summed E-state index contributed by atoms with van der Waals surface area (Å²) in [5, 5.41) is 9.83. The number of nitrogens with zero attached hydrogens (tertiary/aromatic N) is 1. The Morgan fingerprint density at radius 3 is 1.68 bits per heavy atom. The highest BCUT2D eigenvalue weighted by Crippen LogP contribution is 2.41. The van der Waals surface area contributed by atoms with Crippen LogP contribution in [0.3, 0.4) is 0 Å². The van der Waals surface area contributed by atoms with Crippen LogP contribution in [-0.2, 0) is 0 Å². The Hall–Kier alpha value is -7.42. The lowest BCUT2D eigenvalue weighted by Crippen LogP contribution is -2.10.